The van der Waals surface area contributed by atoms with Crippen LogP contribution in [0.1, 0.15) is 20.3 Å². The predicted molar refractivity (Wildman–Crippen MR) is 132 cm³/mol. The van der Waals surface area contributed by atoms with Crippen LogP contribution in [-0.2, 0) is 4.79 Å². The van der Waals surface area contributed by atoms with Crippen molar-refractivity contribution in [1.82, 2.24) is 20.2 Å². The van der Waals surface area contributed by atoms with Crippen molar-refractivity contribution in [2.75, 3.05) is 26.5 Å². The number of imide groups is 1. The molecule has 10 heteroatoms. The Morgan fingerprint density at radius 3 is 2.53 bits per heavy atom. The van der Waals surface area contributed by atoms with E-state index in [0.717, 1.165) is 18.2 Å². The predicted octanol–water partition coefficient (Wildman–Crippen LogP) is 3.37. The summed E-state index contributed by atoms with van der Waals surface area (Å²) in [5, 5.41) is 5.72. The van der Waals surface area contributed by atoms with Crippen molar-refractivity contribution in [3.05, 3.63) is 52.8 Å². The smallest absolute Gasteiger partial charge is 0.321 e. The summed E-state index contributed by atoms with van der Waals surface area (Å²) in [7, 11) is 3.04. The standard InChI is InChI=1S/C24H28N4O5S/c1-15(2)11-12-25-23(31)27-21(29)14-34-24-26-18-8-6-5-7-17(18)22(30)28(24)16-9-10-19(32-3)20(13-16)33-4/h5-10,13,15H,11-12,14H2,1-4H3,(H2,25,27,29,31). The number of hydrogen-bond donors (Lipinski definition) is 2. The third kappa shape index (κ3) is 6.07. The molecule has 3 amide bonds. The highest BCUT2D eigenvalue weighted by atomic mass is 32.2. The fourth-order valence-corrected chi connectivity index (χ4v) is 4.02. The van der Waals surface area contributed by atoms with Gasteiger partial charge >= 0.3 is 6.03 Å². The number of thioether (sulfide) groups is 1. The first kappa shape index (κ1) is 25.1. The number of ether oxygens (including phenoxy) is 2. The first-order chi connectivity index (χ1) is 16.3. The Morgan fingerprint density at radius 1 is 1.09 bits per heavy atom. The lowest BCUT2D eigenvalue weighted by atomic mass is 10.1. The van der Waals surface area contributed by atoms with E-state index in [0.29, 0.717) is 45.7 Å². The molecule has 34 heavy (non-hydrogen) atoms. The Bertz CT molecular complexity index is 1240. The second-order valence-corrected chi connectivity index (χ2v) is 8.81. The van der Waals surface area contributed by atoms with Crippen LogP contribution in [-0.4, -0.2) is 48.0 Å². The van der Waals surface area contributed by atoms with Gasteiger partial charge in [0.15, 0.2) is 16.7 Å². The zero-order valence-corrected chi connectivity index (χ0v) is 20.4. The van der Waals surface area contributed by atoms with Crippen molar-refractivity contribution in [2.45, 2.75) is 25.4 Å². The van der Waals surface area contributed by atoms with Crippen molar-refractivity contribution in [3.8, 4) is 17.2 Å². The molecule has 0 aliphatic rings. The van der Waals surface area contributed by atoms with Crippen LogP contribution in [0.25, 0.3) is 16.6 Å². The van der Waals surface area contributed by atoms with Crippen molar-refractivity contribution in [2.24, 2.45) is 5.92 Å². The highest BCUT2D eigenvalue weighted by Crippen LogP contribution is 2.30. The summed E-state index contributed by atoms with van der Waals surface area (Å²) in [5.41, 5.74) is 0.737. The number of nitrogens with zero attached hydrogens (tertiary/aromatic N) is 2. The van der Waals surface area contributed by atoms with E-state index >= 15 is 0 Å². The monoisotopic (exact) mass is 484 g/mol. The number of fused-ring (bicyclic) bond motifs is 1. The molecule has 1 aromatic heterocycles. The molecule has 0 fully saturated rings. The molecular weight excluding hydrogens is 456 g/mol. The lowest BCUT2D eigenvalue weighted by Crippen LogP contribution is -2.41. The lowest BCUT2D eigenvalue weighted by molar-refractivity contribution is -0.117. The molecule has 0 saturated carbocycles. The topological polar surface area (TPSA) is 112 Å². The largest absolute Gasteiger partial charge is 0.493 e. The Kier molecular flexibility index (Phi) is 8.53. The molecule has 0 bridgehead atoms. The molecule has 1 heterocycles. The minimum atomic E-state index is -0.546. The third-order valence-electron chi connectivity index (χ3n) is 4.96. The van der Waals surface area contributed by atoms with Gasteiger partial charge < -0.3 is 14.8 Å². The second-order valence-electron chi connectivity index (χ2n) is 7.87. The molecule has 9 nitrogen and oxygen atoms in total. The molecule has 0 aliphatic heterocycles. The van der Waals surface area contributed by atoms with Crippen molar-refractivity contribution < 1.29 is 19.1 Å². The number of rotatable bonds is 9. The van der Waals surface area contributed by atoms with E-state index in [-0.39, 0.29) is 11.3 Å². The fourth-order valence-electron chi connectivity index (χ4n) is 3.21. The zero-order chi connectivity index (χ0) is 24.7. The van der Waals surface area contributed by atoms with Crippen LogP contribution in [0.4, 0.5) is 4.79 Å². The minimum Gasteiger partial charge on any atom is -0.493 e. The van der Waals surface area contributed by atoms with Gasteiger partial charge in [0.25, 0.3) is 5.56 Å². The van der Waals surface area contributed by atoms with Gasteiger partial charge in [-0.05, 0) is 36.6 Å². The molecule has 0 unspecified atom stereocenters. The molecule has 0 saturated heterocycles. The van der Waals surface area contributed by atoms with Gasteiger partial charge in [-0.25, -0.2) is 9.78 Å². The van der Waals surface area contributed by atoms with E-state index in [9.17, 15) is 14.4 Å². The number of carbonyl (C=O) groups is 2. The maximum atomic E-state index is 13.4. The molecule has 0 spiro atoms. The Morgan fingerprint density at radius 2 is 1.82 bits per heavy atom. The van der Waals surface area contributed by atoms with Gasteiger partial charge in [-0.3, -0.25) is 19.5 Å². The minimum absolute atomic E-state index is 0.102. The van der Waals surface area contributed by atoms with Gasteiger partial charge in [0.1, 0.15) is 0 Å². The van der Waals surface area contributed by atoms with Crippen LogP contribution in [0.3, 0.4) is 0 Å². The third-order valence-corrected chi connectivity index (χ3v) is 5.90. The van der Waals surface area contributed by atoms with Crippen LogP contribution in [0.2, 0.25) is 0 Å². The number of urea groups is 1. The van der Waals surface area contributed by atoms with Gasteiger partial charge in [-0.1, -0.05) is 37.7 Å². The SMILES string of the molecule is COc1ccc(-n2c(SCC(=O)NC(=O)NCCC(C)C)nc3ccccc3c2=O)cc1OC. The number of hydrogen-bond acceptors (Lipinski definition) is 7. The van der Waals surface area contributed by atoms with Crippen LogP contribution in [0.5, 0.6) is 11.5 Å². The molecule has 0 aliphatic carbocycles. The highest BCUT2D eigenvalue weighted by molar-refractivity contribution is 7.99. The molecule has 2 N–H and O–H groups in total. The van der Waals surface area contributed by atoms with E-state index < -0.39 is 11.9 Å². The summed E-state index contributed by atoms with van der Waals surface area (Å²) in [6, 6.07) is 11.5. The van der Waals surface area contributed by atoms with E-state index in [1.54, 1.807) is 42.5 Å². The zero-order valence-electron chi connectivity index (χ0n) is 19.6. The normalized spacial score (nSPS) is 10.9. The molecule has 3 aromatic rings. The van der Waals surface area contributed by atoms with Crippen LogP contribution in [0, 0.1) is 5.92 Å². The summed E-state index contributed by atoms with van der Waals surface area (Å²) in [6.07, 6.45) is 0.814. The summed E-state index contributed by atoms with van der Waals surface area (Å²) < 4.78 is 12.1. The Labute approximate surface area is 201 Å². The van der Waals surface area contributed by atoms with Crippen LogP contribution >= 0.6 is 11.8 Å². The van der Waals surface area contributed by atoms with Gasteiger partial charge in [0, 0.05) is 12.6 Å². The summed E-state index contributed by atoms with van der Waals surface area (Å²) in [5.74, 6) is 0.819. The van der Waals surface area contributed by atoms with Crippen LogP contribution < -0.4 is 25.7 Å². The van der Waals surface area contributed by atoms with E-state index in [1.807, 2.05) is 0 Å². The maximum Gasteiger partial charge on any atom is 0.321 e. The second kappa shape index (κ2) is 11.6. The average Bonchev–Trinajstić information content (AvgIpc) is 2.82. The van der Waals surface area contributed by atoms with Gasteiger partial charge in [0.2, 0.25) is 5.91 Å². The fraction of sp³-hybridized carbons (Fsp3) is 0.333. The average molecular weight is 485 g/mol. The molecule has 3 rings (SSSR count). The molecule has 180 valence electrons. The summed E-state index contributed by atoms with van der Waals surface area (Å²) in [4.78, 5) is 42.3. The molecule has 2 aromatic carbocycles. The number of aromatic nitrogens is 2. The van der Waals surface area contributed by atoms with Gasteiger partial charge in [-0.15, -0.1) is 0 Å². The quantitative estimate of drug-likeness (QED) is 0.354. The van der Waals surface area contributed by atoms with E-state index in [1.165, 1.54) is 18.8 Å². The first-order valence-corrected chi connectivity index (χ1v) is 11.8. The molecule has 0 radical (unpaired) electrons. The van der Waals surface area contributed by atoms with Gasteiger partial charge in [0.05, 0.1) is 36.6 Å². The number of amides is 3. The van der Waals surface area contributed by atoms with Crippen molar-refractivity contribution >= 4 is 34.6 Å². The number of nitrogens with one attached hydrogen (secondary N) is 2. The van der Waals surface area contributed by atoms with E-state index in [2.05, 4.69) is 29.5 Å². The number of carbonyl (C=O) groups excluding carboxylic acids is 2. The first-order valence-electron chi connectivity index (χ1n) is 10.8. The molecular formula is C24H28N4O5S. The van der Waals surface area contributed by atoms with Crippen molar-refractivity contribution in [1.29, 1.82) is 0 Å². The number of benzene rings is 2. The number of para-hydroxylation sites is 1. The Hall–Kier alpha value is -3.53. The number of methoxy groups -OCH3 is 2. The Balaban J connectivity index is 1.88. The van der Waals surface area contributed by atoms with Crippen molar-refractivity contribution in [3.63, 3.8) is 0 Å². The highest BCUT2D eigenvalue weighted by Gasteiger charge is 2.17. The van der Waals surface area contributed by atoms with E-state index in [4.69, 9.17) is 9.47 Å². The summed E-state index contributed by atoms with van der Waals surface area (Å²) in [6.45, 7) is 4.58. The summed E-state index contributed by atoms with van der Waals surface area (Å²) >= 11 is 1.06. The molecule has 0 atom stereocenters. The lowest BCUT2D eigenvalue weighted by Gasteiger charge is -2.15. The van der Waals surface area contributed by atoms with Gasteiger partial charge in [-0.2, -0.15) is 0 Å². The van der Waals surface area contributed by atoms with Crippen LogP contribution in [0.15, 0.2) is 52.4 Å². The maximum absolute atomic E-state index is 13.4.